The van der Waals surface area contributed by atoms with Gasteiger partial charge in [-0.1, -0.05) is 6.92 Å². The Balaban J connectivity index is 2.39. The number of nitrogens with one attached hydrogen (secondary N) is 1. The third-order valence-corrected chi connectivity index (χ3v) is 3.41. The van der Waals surface area contributed by atoms with Crippen LogP contribution in [0.4, 0.5) is 0 Å². The van der Waals surface area contributed by atoms with Crippen LogP contribution < -0.4 is 0 Å². The van der Waals surface area contributed by atoms with E-state index in [1.165, 1.54) is 12.7 Å². The van der Waals surface area contributed by atoms with Crippen molar-refractivity contribution in [2.75, 3.05) is 7.11 Å². The molecule has 0 unspecified atom stereocenters. The molecule has 0 amide bonds. The fourth-order valence-corrected chi connectivity index (χ4v) is 2.30. The van der Waals surface area contributed by atoms with Gasteiger partial charge < -0.3 is 9.72 Å². The summed E-state index contributed by atoms with van der Waals surface area (Å²) in [6, 6.07) is 5.56. The molecule has 0 saturated carbocycles. The van der Waals surface area contributed by atoms with Crippen molar-refractivity contribution >= 4 is 28.6 Å². The van der Waals surface area contributed by atoms with E-state index in [2.05, 4.69) is 10.7 Å². The van der Waals surface area contributed by atoms with Crippen LogP contribution in [0.2, 0.25) is 0 Å². The second kappa shape index (κ2) is 5.27. The van der Waals surface area contributed by atoms with E-state index in [0.717, 1.165) is 16.7 Å². The largest absolute Gasteiger partial charge is 0.465 e. The van der Waals surface area contributed by atoms with Crippen molar-refractivity contribution in [3.8, 4) is 0 Å². The molecule has 1 aromatic heterocycles. The lowest BCUT2D eigenvalue weighted by Gasteiger charge is -2.01. The van der Waals surface area contributed by atoms with Crippen LogP contribution in [0.25, 0.3) is 10.9 Å². The zero-order valence-electron chi connectivity index (χ0n) is 9.82. The molecule has 17 heavy (non-hydrogen) atoms. The number of carbonyl (C=O) groups excluding carboxylic acids is 1. The smallest absolute Gasteiger partial charge is 0.337 e. The van der Waals surface area contributed by atoms with Gasteiger partial charge in [0.15, 0.2) is 0 Å². The summed E-state index contributed by atoms with van der Waals surface area (Å²) in [6.07, 6.45) is 1.99. The van der Waals surface area contributed by atoms with Crippen molar-refractivity contribution in [1.29, 1.82) is 0 Å². The number of thioether (sulfide) groups is 1. The van der Waals surface area contributed by atoms with E-state index < -0.39 is 0 Å². The lowest BCUT2D eigenvalue weighted by Crippen LogP contribution is -2.00. The monoisotopic (exact) mass is 248 g/mol. The molecule has 1 aromatic carbocycles. The maximum atomic E-state index is 11.5. The van der Waals surface area contributed by atoms with Crippen molar-refractivity contribution in [3.05, 3.63) is 41.3 Å². The third-order valence-electron chi connectivity index (χ3n) is 2.59. The van der Waals surface area contributed by atoms with Crippen LogP contribution in [-0.4, -0.2) is 18.1 Å². The quantitative estimate of drug-likeness (QED) is 0.843. The standard InChI is InChI=1S/C13H14NO2S/c1-3-17-8-10-7-14-12-5-4-9(6-11(10)12)13(15)16-2/h3-7,14H,8H2,1-2H3. The summed E-state index contributed by atoms with van der Waals surface area (Å²) in [7, 11) is 1.40. The van der Waals surface area contributed by atoms with Gasteiger partial charge >= 0.3 is 5.97 Å². The maximum absolute atomic E-state index is 11.5. The first kappa shape index (κ1) is 12.0. The number of hydrogen-bond donors (Lipinski definition) is 1. The molecular weight excluding hydrogens is 234 g/mol. The van der Waals surface area contributed by atoms with Gasteiger partial charge in [0.2, 0.25) is 0 Å². The molecule has 0 aliphatic heterocycles. The lowest BCUT2D eigenvalue weighted by atomic mass is 10.1. The average Bonchev–Trinajstić information content (AvgIpc) is 2.77. The van der Waals surface area contributed by atoms with Crippen LogP contribution in [0.5, 0.6) is 0 Å². The van der Waals surface area contributed by atoms with Gasteiger partial charge in [-0.25, -0.2) is 4.79 Å². The SMILES string of the molecule is C[CH]SCc1c[nH]c2ccc(C(=O)OC)cc12. The Morgan fingerprint density at radius 3 is 3.06 bits per heavy atom. The Hall–Kier alpha value is -1.42. The normalized spacial score (nSPS) is 10.7. The number of carbonyl (C=O) groups is 1. The summed E-state index contributed by atoms with van der Waals surface area (Å²) in [5, 5.41) is 1.09. The van der Waals surface area contributed by atoms with E-state index in [4.69, 9.17) is 4.74 Å². The summed E-state index contributed by atoms with van der Waals surface area (Å²) < 4.78 is 4.72. The fraction of sp³-hybridized carbons (Fsp3) is 0.231. The molecule has 0 aliphatic carbocycles. The molecular formula is C13H14NO2S. The highest BCUT2D eigenvalue weighted by Crippen LogP contribution is 2.24. The van der Waals surface area contributed by atoms with Gasteiger partial charge in [0, 0.05) is 28.6 Å². The number of hydrogen-bond acceptors (Lipinski definition) is 3. The molecule has 89 valence electrons. The third kappa shape index (κ3) is 2.47. The van der Waals surface area contributed by atoms with Gasteiger partial charge in [0.1, 0.15) is 0 Å². The van der Waals surface area contributed by atoms with Crippen molar-refractivity contribution < 1.29 is 9.53 Å². The molecule has 2 rings (SSSR count). The predicted molar refractivity (Wildman–Crippen MR) is 70.9 cm³/mol. The molecule has 0 fully saturated rings. The highest BCUT2D eigenvalue weighted by atomic mass is 32.2. The Labute approximate surface area is 105 Å². The minimum absolute atomic E-state index is 0.297. The van der Waals surface area contributed by atoms with Gasteiger partial charge in [-0.15, -0.1) is 0 Å². The number of benzene rings is 1. The zero-order chi connectivity index (χ0) is 12.3. The van der Waals surface area contributed by atoms with Gasteiger partial charge in [-0.05, 0) is 23.8 Å². The predicted octanol–water partition coefficient (Wildman–Crippen LogP) is 3.37. The maximum Gasteiger partial charge on any atom is 0.337 e. The van der Waals surface area contributed by atoms with Crippen LogP contribution in [0.1, 0.15) is 22.8 Å². The molecule has 1 N–H and O–H groups in total. The first-order valence-corrected chi connectivity index (χ1v) is 6.39. The number of aromatic amines is 1. The zero-order valence-corrected chi connectivity index (χ0v) is 10.6. The van der Waals surface area contributed by atoms with Gasteiger partial charge in [0.05, 0.1) is 12.7 Å². The van der Waals surface area contributed by atoms with Crippen molar-refractivity contribution in [2.45, 2.75) is 12.7 Å². The number of esters is 1. The second-order valence-corrected chi connectivity index (χ2v) is 4.71. The van der Waals surface area contributed by atoms with Crippen LogP contribution >= 0.6 is 11.8 Å². The van der Waals surface area contributed by atoms with E-state index >= 15 is 0 Å². The topological polar surface area (TPSA) is 42.1 Å². The fourth-order valence-electron chi connectivity index (χ4n) is 1.72. The Morgan fingerprint density at radius 2 is 2.35 bits per heavy atom. The summed E-state index contributed by atoms with van der Waals surface area (Å²) in [6.45, 7) is 2.01. The summed E-state index contributed by atoms with van der Waals surface area (Å²) in [5.74, 6) is 2.66. The first-order valence-electron chi connectivity index (χ1n) is 5.34. The van der Waals surface area contributed by atoms with Crippen LogP contribution in [0.3, 0.4) is 0 Å². The molecule has 0 bridgehead atoms. The van der Waals surface area contributed by atoms with Crippen molar-refractivity contribution in [1.82, 2.24) is 4.98 Å². The summed E-state index contributed by atoms with van der Waals surface area (Å²) in [4.78, 5) is 14.7. The Bertz CT molecular complexity index is 533. The van der Waals surface area contributed by atoms with E-state index in [9.17, 15) is 4.79 Å². The molecule has 3 nitrogen and oxygen atoms in total. The second-order valence-electron chi connectivity index (χ2n) is 3.61. The molecule has 2 aromatic rings. The number of aromatic nitrogens is 1. The van der Waals surface area contributed by atoms with Crippen molar-refractivity contribution in [2.24, 2.45) is 0 Å². The van der Waals surface area contributed by atoms with E-state index in [-0.39, 0.29) is 5.97 Å². The number of H-pyrrole nitrogens is 1. The molecule has 4 heteroatoms. The van der Waals surface area contributed by atoms with Gasteiger partial charge in [-0.3, -0.25) is 0 Å². The average molecular weight is 248 g/mol. The minimum atomic E-state index is -0.297. The van der Waals surface area contributed by atoms with Crippen LogP contribution in [0.15, 0.2) is 24.4 Å². The highest BCUT2D eigenvalue weighted by molar-refractivity contribution is 8.00. The van der Waals surface area contributed by atoms with E-state index in [1.54, 1.807) is 17.8 Å². The Morgan fingerprint density at radius 1 is 1.53 bits per heavy atom. The van der Waals surface area contributed by atoms with E-state index in [0.29, 0.717) is 5.56 Å². The van der Waals surface area contributed by atoms with E-state index in [1.807, 2.05) is 25.3 Å². The lowest BCUT2D eigenvalue weighted by molar-refractivity contribution is 0.0601. The molecule has 0 saturated heterocycles. The summed E-state index contributed by atoms with van der Waals surface area (Å²) in [5.41, 5.74) is 2.84. The number of fused-ring (bicyclic) bond motifs is 1. The molecule has 0 aliphatic rings. The first-order chi connectivity index (χ1) is 8.26. The number of ether oxygens (including phenoxy) is 1. The molecule has 0 spiro atoms. The molecule has 1 radical (unpaired) electrons. The summed E-state index contributed by atoms with van der Waals surface area (Å²) >= 11 is 1.74. The Kier molecular flexibility index (Phi) is 3.74. The molecule has 0 atom stereocenters. The van der Waals surface area contributed by atoms with Gasteiger partial charge in [-0.2, -0.15) is 11.8 Å². The highest BCUT2D eigenvalue weighted by Gasteiger charge is 2.09. The van der Waals surface area contributed by atoms with Crippen LogP contribution in [0, 0.1) is 5.75 Å². The van der Waals surface area contributed by atoms with Crippen LogP contribution in [-0.2, 0) is 10.5 Å². The molecule has 1 heterocycles. The number of rotatable bonds is 4. The number of methoxy groups -OCH3 is 1. The minimum Gasteiger partial charge on any atom is -0.465 e. The van der Waals surface area contributed by atoms with Crippen molar-refractivity contribution in [3.63, 3.8) is 0 Å². The van der Waals surface area contributed by atoms with Gasteiger partial charge in [0.25, 0.3) is 0 Å².